The molecule has 0 bridgehead atoms. The summed E-state index contributed by atoms with van der Waals surface area (Å²) >= 11 is 0. The summed E-state index contributed by atoms with van der Waals surface area (Å²) in [6.45, 7) is 10.2. The summed E-state index contributed by atoms with van der Waals surface area (Å²) in [7, 11) is 0. The lowest BCUT2D eigenvalue weighted by Gasteiger charge is -2.39. The summed E-state index contributed by atoms with van der Waals surface area (Å²) in [4.78, 5) is 2.64. The van der Waals surface area contributed by atoms with E-state index in [1.165, 1.54) is 58.0 Å². The molecule has 0 aliphatic heterocycles. The molecule has 17 heavy (non-hydrogen) atoms. The fourth-order valence-corrected chi connectivity index (χ4v) is 3.14. The molecule has 2 heteroatoms. The monoisotopic (exact) mass is 240 g/mol. The minimum Gasteiger partial charge on any atom is -0.330 e. The molecule has 0 atom stereocenters. The highest BCUT2D eigenvalue weighted by molar-refractivity contribution is 4.86. The van der Waals surface area contributed by atoms with E-state index < -0.39 is 0 Å². The first kappa shape index (κ1) is 15.0. The van der Waals surface area contributed by atoms with Gasteiger partial charge in [-0.15, -0.1) is 0 Å². The van der Waals surface area contributed by atoms with E-state index in [0.29, 0.717) is 11.5 Å². The van der Waals surface area contributed by atoms with Crippen LogP contribution in [-0.2, 0) is 0 Å². The molecule has 0 heterocycles. The van der Waals surface area contributed by atoms with Crippen LogP contribution in [0.5, 0.6) is 0 Å². The lowest BCUT2D eigenvalue weighted by molar-refractivity contribution is 0.111. The Morgan fingerprint density at radius 3 is 2.12 bits per heavy atom. The van der Waals surface area contributed by atoms with E-state index in [9.17, 15) is 0 Å². The van der Waals surface area contributed by atoms with Gasteiger partial charge in [0.25, 0.3) is 0 Å². The second-order valence-corrected chi connectivity index (χ2v) is 6.18. The molecule has 1 rings (SSSR count). The molecule has 0 saturated heterocycles. The maximum absolute atomic E-state index is 6.13. The third kappa shape index (κ3) is 4.59. The van der Waals surface area contributed by atoms with E-state index in [4.69, 9.17) is 5.73 Å². The molecule has 2 nitrogen and oxygen atoms in total. The van der Waals surface area contributed by atoms with Gasteiger partial charge < -0.3 is 10.6 Å². The van der Waals surface area contributed by atoms with E-state index in [1.54, 1.807) is 0 Å². The fraction of sp³-hybridized carbons (Fsp3) is 1.00. The van der Waals surface area contributed by atoms with Crippen molar-refractivity contribution in [1.29, 1.82) is 0 Å². The van der Waals surface area contributed by atoms with Crippen LogP contribution in [0, 0.1) is 5.41 Å². The Balaban J connectivity index is 2.63. The molecule has 0 amide bonds. The molecule has 0 aromatic carbocycles. The SMILES string of the molecule is CCCN(CC1(CN)CCCCCC1)C(C)C. The van der Waals surface area contributed by atoms with Crippen molar-refractivity contribution in [3.05, 3.63) is 0 Å². The lowest BCUT2D eigenvalue weighted by Crippen LogP contribution is -2.45. The highest BCUT2D eigenvalue weighted by Gasteiger charge is 2.31. The molecule has 1 fully saturated rings. The molecule has 0 spiro atoms. The topological polar surface area (TPSA) is 29.3 Å². The predicted molar refractivity (Wildman–Crippen MR) is 76.2 cm³/mol. The quantitative estimate of drug-likeness (QED) is 0.721. The molecular weight excluding hydrogens is 208 g/mol. The third-order valence-corrected chi connectivity index (χ3v) is 4.38. The van der Waals surface area contributed by atoms with Crippen molar-refractivity contribution in [2.45, 2.75) is 71.8 Å². The summed E-state index contributed by atoms with van der Waals surface area (Å²) < 4.78 is 0. The zero-order valence-electron chi connectivity index (χ0n) is 12.2. The number of hydrogen-bond donors (Lipinski definition) is 1. The molecule has 1 saturated carbocycles. The maximum Gasteiger partial charge on any atom is 0.00528 e. The average molecular weight is 240 g/mol. The molecule has 1 aliphatic carbocycles. The van der Waals surface area contributed by atoms with Gasteiger partial charge in [0.1, 0.15) is 0 Å². The van der Waals surface area contributed by atoms with Crippen molar-refractivity contribution in [3.63, 3.8) is 0 Å². The van der Waals surface area contributed by atoms with E-state index in [2.05, 4.69) is 25.7 Å². The highest BCUT2D eigenvalue weighted by atomic mass is 15.2. The lowest BCUT2D eigenvalue weighted by atomic mass is 9.79. The number of nitrogens with zero attached hydrogens (tertiary/aromatic N) is 1. The minimum atomic E-state index is 0.413. The maximum atomic E-state index is 6.13. The van der Waals surface area contributed by atoms with Crippen molar-refractivity contribution in [2.75, 3.05) is 19.6 Å². The molecule has 2 N–H and O–H groups in total. The average Bonchev–Trinajstić information content (AvgIpc) is 2.54. The van der Waals surface area contributed by atoms with Gasteiger partial charge in [0.2, 0.25) is 0 Å². The van der Waals surface area contributed by atoms with E-state index in [1.807, 2.05) is 0 Å². The normalized spacial score (nSPS) is 20.8. The van der Waals surface area contributed by atoms with Gasteiger partial charge in [0, 0.05) is 12.6 Å². The number of rotatable bonds is 6. The Morgan fingerprint density at radius 2 is 1.71 bits per heavy atom. The van der Waals surface area contributed by atoms with E-state index in [0.717, 1.165) is 6.54 Å². The van der Waals surface area contributed by atoms with Crippen LogP contribution in [0.1, 0.15) is 65.7 Å². The van der Waals surface area contributed by atoms with E-state index in [-0.39, 0.29) is 0 Å². The summed E-state index contributed by atoms with van der Waals surface area (Å²) in [5.74, 6) is 0. The summed E-state index contributed by atoms with van der Waals surface area (Å²) in [5, 5.41) is 0. The van der Waals surface area contributed by atoms with E-state index >= 15 is 0 Å². The zero-order valence-corrected chi connectivity index (χ0v) is 12.2. The first-order valence-corrected chi connectivity index (χ1v) is 7.57. The molecule has 0 aromatic heterocycles. The van der Waals surface area contributed by atoms with Crippen LogP contribution < -0.4 is 5.73 Å². The molecule has 0 radical (unpaired) electrons. The summed E-state index contributed by atoms with van der Waals surface area (Å²) in [5.41, 5.74) is 6.54. The molecule has 0 unspecified atom stereocenters. The summed E-state index contributed by atoms with van der Waals surface area (Å²) in [6, 6.07) is 0.654. The van der Waals surface area contributed by atoms with Crippen molar-refractivity contribution >= 4 is 0 Å². The third-order valence-electron chi connectivity index (χ3n) is 4.38. The van der Waals surface area contributed by atoms with Gasteiger partial charge in [-0.3, -0.25) is 0 Å². The zero-order chi connectivity index (χ0) is 12.7. The Labute approximate surface area is 108 Å². The standard InChI is InChI=1S/C15H32N2/c1-4-11-17(14(2)3)13-15(12-16)9-7-5-6-8-10-15/h14H,4-13,16H2,1-3H3. The first-order valence-electron chi connectivity index (χ1n) is 7.57. The molecular formula is C15H32N2. The van der Waals surface area contributed by atoms with Crippen molar-refractivity contribution in [1.82, 2.24) is 4.90 Å². The minimum absolute atomic E-state index is 0.413. The predicted octanol–water partition coefficient (Wildman–Crippen LogP) is 3.41. The van der Waals surface area contributed by atoms with Crippen LogP contribution in [0.25, 0.3) is 0 Å². The fourth-order valence-electron chi connectivity index (χ4n) is 3.14. The van der Waals surface area contributed by atoms with Crippen LogP contribution in [0.4, 0.5) is 0 Å². The van der Waals surface area contributed by atoms with Gasteiger partial charge in [0.15, 0.2) is 0 Å². The first-order chi connectivity index (χ1) is 8.13. The molecule has 102 valence electrons. The second kappa shape index (κ2) is 7.38. The smallest absolute Gasteiger partial charge is 0.00528 e. The second-order valence-electron chi connectivity index (χ2n) is 6.18. The van der Waals surface area contributed by atoms with Gasteiger partial charge in [-0.2, -0.15) is 0 Å². The van der Waals surface area contributed by atoms with Gasteiger partial charge >= 0.3 is 0 Å². The molecule has 0 aromatic rings. The Morgan fingerprint density at radius 1 is 1.12 bits per heavy atom. The van der Waals surface area contributed by atoms with Crippen molar-refractivity contribution < 1.29 is 0 Å². The van der Waals surface area contributed by atoms with Crippen LogP contribution in [0.15, 0.2) is 0 Å². The Hall–Kier alpha value is -0.0800. The Kier molecular flexibility index (Phi) is 6.50. The van der Waals surface area contributed by atoms with Crippen molar-refractivity contribution in [3.8, 4) is 0 Å². The van der Waals surface area contributed by atoms with Crippen LogP contribution >= 0.6 is 0 Å². The van der Waals surface area contributed by atoms with Crippen LogP contribution in [0.3, 0.4) is 0 Å². The number of hydrogen-bond acceptors (Lipinski definition) is 2. The molecule has 1 aliphatic rings. The number of nitrogens with two attached hydrogens (primary N) is 1. The van der Waals surface area contributed by atoms with Crippen molar-refractivity contribution in [2.24, 2.45) is 11.1 Å². The van der Waals surface area contributed by atoms with Crippen LogP contribution in [-0.4, -0.2) is 30.6 Å². The van der Waals surface area contributed by atoms with Gasteiger partial charge in [0.05, 0.1) is 0 Å². The summed E-state index contributed by atoms with van der Waals surface area (Å²) in [6.07, 6.45) is 9.53. The highest BCUT2D eigenvalue weighted by Crippen LogP contribution is 2.35. The Bertz CT molecular complexity index is 193. The van der Waals surface area contributed by atoms with Gasteiger partial charge in [-0.05, 0) is 51.6 Å². The van der Waals surface area contributed by atoms with Gasteiger partial charge in [-0.25, -0.2) is 0 Å². The largest absolute Gasteiger partial charge is 0.330 e. The van der Waals surface area contributed by atoms with Gasteiger partial charge in [-0.1, -0.05) is 32.6 Å². The van der Waals surface area contributed by atoms with Crippen LogP contribution in [0.2, 0.25) is 0 Å².